The molecule has 21 heavy (non-hydrogen) atoms. The predicted octanol–water partition coefficient (Wildman–Crippen LogP) is 4.47. The molecule has 2 aromatic rings. The topological polar surface area (TPSA) is 47.3 Å². The lowest BCUT2D eigenvalue weighted by Gasteiger charge is -2.19. The van der Waals surface area contributed by atoms with Crippen molar-refractivity contribution in [3.8, 4) is 5.75 Å². The van der Waals surface area contributed by atoms with Gasteiger partial charge in [0.15, 0.2) is 11.6 Å². The third-order valence-electron chi connectivity index (χ3n) is 3.07. The molecule has 0 aromatic heterocycles. The number of anilines is 1. The molecular formula is C15H15Br2FN2O. The van der Waals surface area contributed by atoms with Crippen molar-refractivity contribution in [2.45, 2.75) is 6.04 Å². The summed E-state index contributed by atoms with van der Waals surface area (Å²) in [6.45, 7) is 0.410. The van der Waals surface area contributed by atoms with E-state index in [0.717, 1.165) is 20.2 Å². The van der Waals surface area contributed by atoms with Crippen molar-refractivity contribution in [1.82, 2.24) is 0 Å². The number of nitrogens with one attached hydrogen (secondary N) is 1. The Balaban J connectivity index is 2.24. The van der Waals surface area contributed by atoms with Gasteiger partial charge in [-0.15, -0.1) is 0 Å². The van der Waals surface area contributed by atoms with E-state index in [1.807, 2.05) is 18.2 Å². The average Bonchev–Trinajstić information content (AvgIpc) is 2.49. The van der Waals surface area contributed by atoms with Gasteiger partial charge in [0.05, 0.1) is 13.2 Å². The van der Waals surface area contributed by atoms with Gasteiger partial charge in [0.2, 0.25) is 0 Å². The molecule has 1 unspecified atom stereocenters. The normalized spacial score (nSPS) is 12.0. The van der Waals surface area contributed by atoms with Gasteiger partial charge in [-0.3, -0.25) is 0 Å². The molecule has 1 atom stereocenters. The maximum atomic E-state index is 13.4. The maximum absolute atomic E-state index is 13.4. The van der Waals surface area contributed by atoms with Crippen molar-refractivity contribution >= 4 is 37.5 Å². The zero-order valence-electron chi connectivity index (χ0n) is 11.4. The third-order valence-corrected chi connectivity index (χ3v) is 4.95. The lowest BCUT2D eigenvalue weighted by atomic mass is 10.1. The van der Waals surface area contributed by atoms with Gasteiger partial charge in [-0.2, -0.15) is 0 Å². The van der Waals surface area contributed by atoms with Gasteiger partial charge >= 0.3 is 0 Å². The van der Waals surface area contributed by atoms with Crippen LogP contribution in [-0.2, 0) is 0 Å². The van der Waals surface area contributed by atoms with E-state index in [2.05, 4.69) is 37.2 Å². The highest BCUT2D eigenvalue weighted by Gasteiger charge is 2.12. The Morgan fingerprint density at radius 2 is 1.95 bits per heavy atom. The van der Waals surface area contributed by atoms with Gasteiger partial charge in [-0.05, 0) is 61.7 Å². The summed E-state index contributed by atoms with van der Waals surface area (Å²) in [5.74, 6) is -0.188. The van der Waals surface area contributed by atoms with Crippen molar-refractivity contribution in [2.75, 3.05) is 19.0 Å². The Labute approximate surface area is 139 Å². The summed E-state index contributed by atoms with van der Waals surface area (Å²) < 4.78 is 20.3. The van der Waals surface area contributed by atoms with Gasteiger partial charge in [0.1, 0.15) is 0 Å². The average molecular weight is 418 g/mol. The summed E-state index contributed by atoms with van der Waals surface area (Å²) in [4.78, 5) is 0. The minimum atomic E-state index is -0.390. The first-order valence-corrected chi connectivity index (χ1v) is 7.89. The van der Waals surface area contributed by atoms with Crippen molar-refractivity contribution < 1.29 is 9.13 Å². The number of hydrogen-bond donors (Lipinski definition) is 2. The van der Waals surface area contributed by atoms with Crippen molar-refractivity contribution in [1.29, 1.82) is 0 Å². The highest BCUT2D eigenvalue weighted by atomic mass is 79.9. The highest BCUT2D eigenvalue weighted by Crippen LogP contribution is 2.29. The molecule has 0 saturated carbocycles. The fraction of sp³-hybridized carbons (Fsp3) is 0.200. The Kier molecular flexibility index (Phi) is 5.61. The van der Waals surface area contributed by atoms with E-state index in [4.69, 9.17) is 10.5 Å². The summed E-state index contributed by atoms with van der Waals surface area (Å²) in [6, 6.07) is 10.5. The summed E-state index contributed by atoms with van der Waals surface area (Å²) >= 11 is 6.91. The number of ether oxygens (including phenoxy) is 1. The Hall–Kier alpha value is -1.11. The number of hydrogen-bond acceptors (Lipinski definition) is 3. The Morgan fingerprint density at radius 3 is 2.57 bits per heavy atom. The second kappa shape index (κ2) is 7.24. The van der Waals surface area contributed by atoms with Crippen LogP contribution in [0, 0.1) is 5.82 Å². The maximum Gasteiger partial charge on any atom is 0.165 e. The molecule has 112 valence electrons. The van der Waals surface area contributed by atoms with Crippen LogP contribution in [0.3, 0.4) is 0 Å². The van der Waals surface area contributed by atoms with Crippen LogP contribution < -0.4 is 15.8 Å². The van der Waals surface area contributed by atoms with Crippen LogP contribution in [0.1, 0.15) is 11.6 Å². The molecule has 2 aromatic carbocycles. The van der Waals surface area contributed by atoms with Crippen molar-refractivity contribution in [3.63, 3.8) is 0 Å². The summed E-state index contributed by atoms with van der Waals surface area (Å²) in [5, 5.41) is 3.29. The highest BCUT2D eigenvalue weighted by molar-refractivity contribution is 9.13. The van der Waals surface area contributed by atoms with E-state index in [9.17, 15) is 4.39 Å². The molecule has 3 N–H and O–H groups in total. The number of methoxy groups -OCH3 is 1. The number of halogens is 3. The van der Waals surface area contributed by atoms with Gasteiger partial charge in [0, 0.05) is 27.2 Å². The van der Waals surface area contributed by atoms with Crippen LogP contribution in [0.15, 0.2) is 45.3 Å². The standard InChI is InChI=1S/C15H15Br2FN2O/c1-21-15-7-10(3-5-13(15)18)20-14(8-19)9-2-4-11(16)12(17)6-9/h2-7,14,20H,8,19H2,1H3. The molecule has 0 amide bonds. The van der Waals surface area contributed by atoms with Crippen LogP contribution in [0.4, 0.5) is 10.1 Å². The van der Waals surface area contributed by atoms with Crippen LogP contribution in [0.2, 0.25) is 0 Å². The van der Waals surface area contributed by atoms with Crippen LogP contribution in [-0.4, -0.2) is 13.7 Å². The second-order valence-corrected chi connectivity index (χ2v) is 6.16. The molecular weight excluding hydrogens is 403 g/mol. The van der Waals surface area contributed by atoms with E-state index in [1.54, 1.807) is 12.1 Å². The fourth-order valence-corrected chi connectivity index (χ4v) is 2.60. The van der Waals surface area contributed by atoms with Gasteiger partial charge in [-0.1, -0.05) is 6.07 Å². The Morgan fingerprint density at radius 1 is 1.19 bits per heavy atom. The summed E-state index contributed by atoms with van der Waals surface area (Å²) in [7, 11) is 1.44. The molecule has 0 aliphatic rings. The monoisotopic (exact) mass is 416 g/mol. The second-order valence-electron chi connectivity index (χ2n) is 4.46. The van der Waals surface area contributed by atoms with Crippen LogP contribution in [0.25, 0.3) is 0 Å². The Bertz CT molecular complexity index is 637. The van der Waals surface area contributed by atoms with Crippen molar-refractivity contribution in [2.24, 2.45) is 5.73 Å². The summed E-state index contributed by atoms with van der Waals surface area (Å²) in [6.07, 6.45) is 0. The van der Waals surface area contributed by atoms with E-state index in [-0.39, 0.29) is 11.8 Å². The molecule has 6 heteroatoms. The first-order valence-electron chi connectivity index (χ1n) is 6.30. The minimum absolute atomic E-state index is 0.0791. The van der Waals surface area contributed by atoms with E-state index in [1.165, 1.54) is 13.2 Å². The molecule has 0 heterocycles. The fourth-order valence-electron chi connectivity index (χ4n) is 1.96. The summed E-state index contributed by atoms with van der Waals surface area (Å²) in [5.41, 5.74) is 7.64. The molecule has 0 radical (unpaired) electrons. The molecule has 3 nitrogen and oxygen atoms in total. The molecule has 0 bridgehead atoms. The smallest absolute Gasteiger partial charge is 0.165 e. The SMILES string of the molecule is COc1cc(NC(CN)c2ccc(Br)c(Br)c2)ccc1F. The lowest BCUT2D eigenvalue weighted by molar-refractivity contribution is 0.386. The molecule has 2 rings (SSSR count). The zero-order chi connectivity index (χ0) is 15.4. The van der Waals surface area contributed by atoms with Gasteiger partial charge < -0.3 is 15.8 Å². The first kappa shape index (κ1) is 16.3. The van der Waals surface area contributed by atoms with E-state index < -0.39 is 5.82 Å². The molecule has 0 aliphatic carbocycles. The quantitative estimate of drug-likeness (QED) is 0.754. The number of rotatable bonds is 5. The molecule has 0 fully saturated rings. The van der Waals surface area contributed by atoms with Gasteiger partial charge in [0.25, 0.3) is 0 Å². The minimum Gasteiger partial charge on any atom is -0.494 e. The van der Waals surface area contributed by atoms with E-state index in [0.29, 0.717) is 6.54 Å². The number of benzene rings is 2. The zero-order valence-corrected chi connectivity index (χ0v) is 14.5. The third kappa shape index (κ3) is 3.96. The van der Waals surface area contributed by atoms with E-state index >= 15 is 0 Å². The largest absolute Gasteiger partial charge is 0.494 e. The van der Waals surface area contributed by atoms with Crippen LogP contribution >= 0.6 is 31.9 Å². The number of nitrogens with two attached hydrogens (primary N) is 1. The van der Waals surface area contributed by atoms with Crippen molar-refractivity contribution in [3.05, 3.63) is 56.7 Å². The van der Waals surface area contributed by atoms with Gasteiger partial charge in [-0.25, -0.2) is 4.39 Å². The molecule has 0 aliphatic heterocycles. The van der Waals surface area contributed by atoms with Crippen LogP contribution in [0.5, 0.6) is 5.75 Å². The molecule has 0 saturated heterocycles. The predicted molar refractivity (Wildman–Crippen MR) is 90.2 cm³/mol. The first-order chi connectivity index (χ1) is 10.0. The lowest BCUT2D eigenvalue weighted by Crippen LogP contribution is -2.20. The molecule has 0 spiro atoms.